The third-order valence-electron chi connectivity index (χ3n) is 2.81. The summed E-state index contributed by atoms with van der Waals surface area (Å²) in [6.07, 6.45) is 3.15. The van der Waals surface area contributed by atoms with Gasteiger partial charge in [-0.1, -0.05) is 17.7 Å². The molecular formula is C12H12ClN3. The Hall–Kier alpha value is -1.32. The third kappa shape index (κ3) is 1.72. The van der Waals surface area contributed by atoms with Crippen molar-refractivity contribution in [2.75, 3.05) is 6.54 Å². The molecule has 4 heteroatoms. The van der Waals surface area contributed by atoms with Gasteiger partial charge in [0.2, 0.25) is 0 Å². The van der Waals surface area contributed by atoms with E-state index in [2.05, 4.69) is 16.6 Å². The maximum atomic E-state index is 5.97. The second kappa shape index (κ2) is 3.92. The molecule has 2 heterocycles. The maximum Gasteiger partial charge on any atom is 0.0799 e. The van der Waals surface area contributed by atoms with Crippen molar-refractivity contribution >= 4 is 11.6 Å². The standard InChI is InChI=1S/C12H12ClN3/c13-10-2-1-3-11(6-10)16-8-9-4-5-14-7-12(9)15-16/h1-3,6,8,14H,4-5,7H2. The van der Waals surface area contributed by atoms with E-state index in [0.717, 1.165) is 35.9 Å². The van der Waals surface area contributed by atoms with E-state index in [1.165, 1.54) is 5.56 Å². The van der Waals surface area contributed by atoms with E-state index in [4.69, 9.17) is 11.6 Å². The van der Waals surface area contributed by atoms with E-state index < -0.39 is 0 Å². The molecule has 0 fully saturated rings. The Bertz CT molecular complexity index is 495. The lowest BCUT2D eigenvalue weighted by Crippen LogP contribution is -2.22. The lowest BCUT2D eigenvalue weighted by atomic mass is 10.1. The number of benzene rings is 1. The topological polar surface area (TPSA) is 29.9 Å². The molecule has 0 aliphatic carbocycles. The van der Waals surface area contributed by atoms with Crippen molar-refractivity contribution in [1.82, 2.24) is 15.1 Å². The highest BCUT2D eigenvalue weighted by Crippen LogP contribution is 2.18. The molecule has 0 amide bonds. The molecule has 16 heavy (non-hydrogen) atoms. The first kappa shape index (κ1) is 9.87. The Kier molecular flexibility index (Phi) is 2.42. The number of halogens is 1. The van der Waals surface area contributed by atoms with Gasteiger partial charge in [0.1, 0.15) is 0 Å². The normalized spacial score (nSPS) is 14.8. The monoisotopic (exact) mass is 233 g/mol. The van der Waals surface area contributed by atoms with Crippen molar-refractivity contribution < 1.29 is 0 Å². The molecule has 0 spiro atoms. The van der Waals surface area contributed by atoms with E-state index in [0.29, 0.717) is 0 Å². The predicted molar refractivity (Wildman–Crippen MR) is 64.0 cm³/mol. The first-order chi connectivity index (χ1) is 7.83. The quantitative estimate of drug-likeness (QED) is 0.818. The van der Waals surface area contributed by atoms with Crippen LogP contribution < -0.4 is 5.32 Å². The number of fused-ring (bicyclic) bond motifs is 1. The molecule has 0 saturated carbocycles. The van der Waals surface area contributed by atoms with E-state index >= 15 is 0 Å². The third-order valence-corrected chi connectivity index (χ3v) is 3.05. The summed E-state index contributed by atoms with van der Waals surface area (Å²) in [5, 5.41) is 8.61. The van der Waals surface area contributed by atoms with Gasteiger partial charge in [-0.2, -0.15) is 5.10 Å². The average Bonchev–Trinajstić information content (AvgIpc) is 2.72. The van der Waals surface area contributed by atoms with Gasteiger partial charge in [0.05, 0.1) is 11.4 Å². The van der Waals surface area contributed by atoms with Crippen LogP contribution in [0.2, 0.25) is 5.02 Å². The van der Waals surface area contributed by atoms with Crippen molar-refractivity contribution in [3.8, 4) is 5.69 Å². The molecule has 0 atom stereocenters. The first-order valence-electron chi connectivity index (χ1n) is 5.37. The molecule has 3 rings (SSSR count). The van der Waals surface area contributed by atoms with Crippen molar-refractivity contribution in [3.63, 3.8) is 0 Å². The molecular weight excluding hydrogens is 222 g/mol. The molecule has 3 nitrogen and oxygen atoms in total. The minimum Gasteiger partial charge on any atom is -0.311 e. The molecule has 0 unspecified atom stereocenters. The molecule has 1 aromatic heterocycles. The van der Waals surface area contributed by atoms with E-state index in [-0.39, 0.29) is 0 Å². The summed E-state index contributed by atoms with van der Waals surface area (Å²) in [5.74, 6) is 0. The molecule has 0 radical (unpaired) electrons. The van der Waals surface area contributed by atoms with Gasteiger partial charge < -0.3 is 5.32 Å². The summed E-state index contributed by atoms with van der Waals surface area (Å²) in [4.78, 5) is 0. The Balaban J connectivity index is 2.03. The van der Waals surface area contributed by atoms with Gasteiger partial charge in [0, 0.05) is 17.8 Å². The molecule has 82 valence electrons. The molecule has 1 N–H and O–H groups in total. The predicted octanol–water partition coefficient (Wildman–Crippen LogP) is 2.17. The molecule has 2 aromatic rings. The molecule has 0 saturated heterocycles. The summed E-state index contributed by atoms with van der Waals surface area (Å²) >= 11 is 5.97. The number of nitrogens with zero attached hydrogens (tertiary/aromatic N) is 2. The minimum absolute atomic E-state index is 0.740. The number of nitrogens with one attached hydrogen (secondary N) is 1. The van der Waals surface area contributed by atoms with Gasteiger partial charge >= 0.3 is 0 Å². The summed E-state index contributed by atoms with van der Waals surface area (Å²) < 4.78 is 1.91. The van der Waals surface area contributed by atoms with Crippen molar-refractivity contribution in [3.05, 3.63) is 46.7 Å². The van der Waals surface area contributed by atoms with Crippen LogP contribution in [0.25, 0.3) is 5.69 Å². The number of hydrogen-bond acceptors (Lipinski definition) is 2. The van der Waals surface area contributed by atoms with E-state index in [1.54, 1.807) is 0 Å². The Morgan fingerprint density at radius 2 is 2.31 bits per heavy atom. The van der Waals surface area contributed by atoms with Gasteiger partial charge in [0.15, 0.2) is 0 Å². The van der Waals surface area contributed by atoms with Crippen molar-refractivity contribution in [2.45, 2.75) is 13.0 Å². The van der Waals surface area contributed by atoms with Gasteiger partial charge in [-0.15, -0.1) is 0 Å². The largest absolute Gasteiger partial charge is 0.311 e. The first-order valence-corrected chi connectivity index (χ1v) is 5.75. The fraction of sp³-hybridized carbons (Fsp3) is 0.250. The Morgan fingerprint density at radius 3 is 3.12 bits per heavy atom. The summed E-state index contributed by atoms with van der Waals surface area (Å²) in [5.41, 5.74) is 3.49. The van der Waals surface area contributed by atoms with Crippen LogP contribution in [0.3, 0.4) is 0 Å². The van der Waals surface area contributed by atoms with Crippen LogP contribution in [0.4, 0.5) is 0 Å². The van der Waals surface area contributed by atoms with E-state index in [1.807, 2.05) is 28.9 Å². The fourth-order valence-electron chi connectivity index (χ4n) is 1.98. The smallest absolute Gasteiger partial charge is 0.0799 e. The van der Waals surface area contributed by atoms with E-state index in [9.17, 15) is 0 Å². The van der Waals surface area contributed by atoms with Crippen LogP contribution in [0, 0.1) is 0 Å². The second-order valence-corrected chi connectivity index (χ2v) is 4.39. The Labute approximate surface area is 99.0 Å². The van der Waals surface area contributed by atoms with Crippen LogP contribution >= 0.6 is 11.6 Å². The van der Waals surface area contributed by atoms with Crippen LogP contribution in [0.15, 0.2) is 30.5 Å². The fourth-order valence-corrected chi connectivity index (χ4v) is 2.17. The highest BCUT2D eigenvalue weighted by atomic mass is 35.5. The zero-order chi connectivity index (χ0) is 11.0. The van der Waals surface area contributed by atoms with Crippen LogP contribution in [0.1, 0.15) is 11.3 Å². The van der Waals surface area contributed by atoms with Gasteiger partial charge in [-0.25, -0.2) is 4.68 Å². The lowest BCUT2D eigenvalue weighted by molar-refractivity contribution is 0.629. The second-order valence-electron chi connectivity index (χ2n) is 3.95. The van der Waals surface area contributed by atoms with Gasteiger partial charge in [0.25, 0.3) is 0 Å². The SMILES string of the molecule is Clc1cccc(-n2cc3c(n2)CNCC3)c1. The Morgan fingerprint density at radius 1 is 1.38 bits per heavy atom. The molecule has 1 aromatic carbocycles. The zero-order valence-electron chi connectivity index (χ0n) is 8.78. The molecule has 1 aliphatic heterocycles. The van der Waals surface area contributed by atoms with Crippen LogP contribution in [-0.4, -0.2) is 16.3 Å². The van der Waals surface area contributed by atoms with Gasteiger partial charge in [-0.3, -0.25) is 0 Å². The number of rotatable bonds is 1. The average molecular weight is 234 g/mol. The zero-order valence-corrected chi connectivity index (χ0v) is 9.54. The summed E-state index contributed by atoms with van der Waals surface area (Å²) in [7, 11) is 0. The van der Waals surface area contributed by atoms with Gasteiger partial charge in [-0.05, 0) is 36.7 Å². The van der Waals surface area contributed by atoms with Crippen molar-refractivity contribution in [2.24, 2.45) is 0 Å². The highest BCUT2D eigenvalue weighted by molar-refractivity contribution is 6.30. The summed E-state index contributed by atoms with van der Waals surface area (Å²) in [6.45, 7) is 1.90. The highest BCUT2D eigenvalue weighted by Gasteiger charge is 2.13. The molecule has 0 bridgehead atoms. The number of aromatic nitrogens is 2. The van der Waals surface area contributed by atoms with Crippen LogP contribution in [-0.2, 0) is 13.0 Å². The lowest BCUT2D eigenvalue weighted by Gasteiger charge is -2.09. The minimum atomic E-state index is 0.740. The van der Waals surface area contributed by atoms with Crippen LogP contribution in [0.5, 0.6) is 0 Å². The summed E-state index contributed by atoms with van der Waals surface area (Å²) in [6, 6.07) is 7.75. The maximum absolute atomic E-state index is 5.97. The number of hydrogen-bond donors (Lipinski definition) is 1. The molecule has 1 aliphatic rings. The van der Waals surface area contributed by atoms with Crippen molar-refractivity contribution in [1.29, 1.82) is 0 Å².